The molecule has 3 rings (SSSR count). The highest BCUT2D eigenvalue weighted by Crippen LogP contribution is 2.22. The number of aromatic nitrogens is 1. The standard InChI is InChI=1S/C18H24FN3O3S/c1-21-7-3-6-17(21)18(22-8-10-25-11-9-22)13-20-26(23,24)14-15-4-2-5-16(19)12-15/h2-7,12,18,20H,8-11,13-14H2,1H3. The fourth-order valence-corrected chi connectivity index (χ4v) is 4.37. The second kappa shape index (κ2) is 8.30. The first kappa shape index (κ1) is 19.0. The van der Waals surface area contributed by atoms with Crippen molar-refractivity contribution in [3.8, 4) is 0 Å². The minimum absolute atomic E-state index is 0.0822. The normalized spacial score (nSPS) is 17.3. The lowest BCUT2D eigenvalue weighted by atomic mass is 10.1. The van der Waals surface area contributed by atoms with E-state index in [1.165, 1.54) is 18.2 Å². The molecule has 0 saturated carbocycles. The quantitative estimate of drug-likeness (QED) is 0.792. The smallest absolute Gasteiger partial charge is 0.215 e. The number of nitrogens with zero attached hydrogens (tertiary/aromatic N) is 2. The van der Waals surface area contributed by atoms with Gasteiger partial charge in [0.2, 0.25) is 10.0 Å². The highest BCUT2D eigenvalue weighted by molar-refractivity contribution is 7.88. The van der Waals surface area contributed by atoms with Gasteiger partial charge in [0.05, 0.1) is 25.0 Å². The largest absolute Gasteiger partial charge is 0.379 e. The Morgan fingerprint density at radius 2 is 2.00 bits per heavy atom. The number of benzene rings is 1. The van der Waals surface area contributed by atoms with Gasteiger partial charge < -0.3 is 9.30 Å². The molecule has 1 atom stereocenters. The van der Waals surface area contributed by atoms with Gasteiger partial charge in [0.25, 0.3) is 0 Å². The summed E-state index contributed by atoms with van der Waals surface area (Å²) in [5.41, 5.74) is 1.47. The summed E-state index contributed by atoms with van der Waals surface area (Å²) in [5.74, 6) is -0.680. The number of sulfonamides is 1. The molecule has 6 nitrogen and oxygen atoms in total. The first-order valence-electron chi connectivity index (χ1n) is 8.59. The average Bonchev–Trinajstić information content (AvgIpc) is 3.01. The van der Waals surface area contributed by atoms with Crippen molar-refractivity contribution in [2.45, 2.75) is 11.8 Å². The van der Waals surface area contributed by atoms with E-state index in [1.807, 2.05) is 29.9 Å². The molecule has 0 radical (unpaired) electrons. The van der Waals surface area contributed by atoms with Gasteiger partial charge in [-0.2, -0.15) is 0 Å². The SMILES string of the molecule is Cn1cccc1C(CNS(=O)(=O)Cc1cccc(F)c1)N1CCOCC1. The second-order valence-electron chi connectivity index (χ2n) is 6.45. The number of ether oxygens (including phenoxy) is 1. The first-order valence-corrected chi connectivity index (χ1v) is 10.2. The molecule has 142 valence electrons. The van der Waals surface area contributed by atoms with Gasteiger partial charge in [-0.25, -0.2) is 17.5 Å². The minimum atomic E-state index is -3.57. The molecule has 0 spiro atoms. The van der Waals surface area contributed by atoms with E-state index in [4.69, 9.17) is 4.74 Å². The molecule has 1 unspecified atom stereocenters. The number of halogens is 1. The molecule has 1 aromatic carbocycles. The first-order chi connectivity index (χ1) is 12.4. The van der Waals surface area contributed by atoms with Gasteiger partial charge in [-0.15, -0.1) is 0 Å². The van der Waals surface area contributed by atoms with Gasteiger partial charge in [0, 0.05) is 38.6 Å². The van der Waals surface area contributed by atoms with Crippen molar-refractivity contribution in [2.24, 2.45) is 7.05 Å². The van der Waals surface area contributed by atoms with E-state index >= 15 is 0 Å². The Morgan fingerprint density at radius 1 is 1.23 bits per heavy atom. The maximum Gasteiger partial charge on any atom is 0.215 e. The molecule has 0 aliphatic carbocycles. The Morgan fingerprint density at radius 3 is 2.65 bits per heavy atom. The van der Waals surface area contributed by atoms with Crippen molar-refractivity contribution in [1.82, 2.24) is 14.2 Å². The predicted molar refractivity (Wildman–Crippen MR) is 97.6 cm³/mol. The van der Waals surface area contributed by atoms with Crippen molar-refractivity contribution in [3.63, 3.8) is 0 Å². The Balaban J connectivity index is 1.71. The summed E-state index contributed by atoms with van der Waals surface area (Å²) in [7, 11) is -1.62. The Labute approximate surface area is 153 Å². The van der Waals surface area contributed by atoms with Crippen LogP contribution in [0.3, 0.4) is 0 Å². The molecule has 1 saturated heterocycles. The van der Waals surface area contributed by atoms with Crippen LogP contribution in [0.1, 0.15) is 17.3 Å². The van der Waals surface area contributed by atoms with Gasteiger partial charge in [-0.3, -0.25) is 4.90 Å². The van der Waals surface area contributed by atoms with E-state index in [9.17, 15) is 12.8 Å². The Hall–Kier alpha value is -1.74. The molecule has 1 N–H and O–H groups in total. The minimum Gasteiger partial charge on any atom is -0.379 e. The molecule has 1 fully saturated rings. The zero-order chi connectivity index (χ0) is 18.6. The van der Waals surface area contributed by atoms with Crippen LogP contribution in [0, 0.1) is 5.82 Å². The van der Waals surface area contributed by atoms with Crippen LogP contribution in [0.5, 0.6) is 0 Å². The van der Waals surface area contributed by atoms with Crippen LogP contribution in [0.2, 0.25) is 0 Å². The van der Waals surface area contributed by atoms with Crippen LogP contribution >= 0.6 is 0 Å². The van der Waals surface area contributed by atoms with Crippen LogP contribution in [-0.2, 0) is 27.6 Å². The lowest BCUT2D eigenvalue weighted by Gasteiger charge is -2.34. The zero-order valence-electron chi connectivity index (χ0n) is 14.8. The number of morpholine rings is 1. The lowest BCUT2D eigenvalue weighted by Crippen LogP contribution is -2.44. The predicted octanol–water partition coefficient (Wildman–Crippen LogP) is 1.66. The monoisotopic (exact) mass is 381 g/mol. The van der Waals surface area contributed by atoms with E-state index in [2.05, 4.69) is 9.62 Å². The summed E-state index contributed by atoms with van der Waals surface area (Å²) in [6.07, 6.45) is 1.95. The van der Waals surface area contributed by atoms with Gasteiger partial charge >= 0.3 is 0 Å². The summed E-state index contributed by atoms with van der Waals surface area (Å²) in [6.45, 7) is 3.03. The Bertz CT molecular complexity index is 832. The molecule has 1 aliphatic rings. The maximum atomic E-state index is 13.3. The van der Waals surface area contributed by atoms with Crippen molar-refractivity contribution in [3.05, 3.63) is 59.7 Å². The highest BCUT2D eigenvalue weighted by atomic mass is 32.2. The number of hydrogen-bond donors (Lipinski definition) is 1. The molecule has 0 amide bonds. The van der Waals surface area contributed by atoms with Crippen LogP contribution in [-0.4, -0.2) is 50.7 Å². The summed E-state index contributed by atoms with van der Waals surface area (Å²) in [4.78, 5) is 2.23. The fourth-order valence-electron chi connectivity index (χ4n) is 3.23. The molecule has 0 bridgehead atoms. The van der Waals surface area contributed by atoms with E-state index < -0.39 is 15.8 Å². The number of aryl methyl sites for hydroxylation is 1. The van der Waals surface area contributed by atoms with Crippen LogP contribution in [0.25, 0.3) is 0 Å². The molecule has 8 heteroatoms. The lowest BCUT2D eigenvalue weighted by molar-refractivity contribution is 0.0158. The van der Waals surface area contributed by atoms with Crippen molar-refractivity contribution >= 4 is 10.0 Å². The van der Waals surface area contributed by atoms with E-state index in [1.54, 1.807) is 6.07 Å². The summed E-state index contributed by atoms with van der Waals surface area (Å²) < 4.78 is 48.3. The molecule has 26 heavy (non-hydrogen) atoms. The third kappa shape index (κ3) is 4.91. The third-order valence-electron chi connectivity index (χ3n) is 4.55. The van der Waals surface area contributed by atoms with Crippen molar-refractivity contribution in [2.75, 3.05) is 32.8 Å². The number of nitrogens with one attached hydrogen (secondary N) is 1. The molecule has 1 aromatic heterocycles. The molecule has 2 aromatic rings. The Kier molecular flexibility index (Phi) is 6.08. The number of hydrogen-bond acceptors (Lipinski definition) is 4. The van der Waals surface area contributed by atoms with Gasteiger partial charge in [-0.1, -0.05) is 12.1 Å². The van der Waals surface area contributed by atoms with Crippen LogP contribution in [0.4, 0.5) is 4.39 Å². The topological polar surface area (TPSA) is 63.6 Å². The highest BCUT2D eigenvalue weighted by Gasteiger charge is 2.26. The summed E-state index contributed by atoms with van der Waals surface area (Å²) in [5, 5.41) is 0. The van der Waals surface area contributed by atoms with E-state index in [0.717, 1.165) is 18.8 Å². The number of rotatable bonds is 7. The summed E-state index contributed by atoms with van der Waals surface area (Å²) in [6, 6.07) is 9.54. The fraction of sp³-hybridized carbons (Fsp3) is 0.444. The second-order valence-corrected chi connectivity index (χ2v) is 8.25. The average molecular weight is 381 g/mol. The van der Waals surface area contributed by atoms with E-state index in [0.29, 0.717) is 18.8 Å². The van der Waals surface area contributed by atoms with Crippen LogP contribution in [0.15, 0.2) is 42.6 Å². The van der Waals surface area contributed by atoms with Crippen molar-refractivity contribution in [1.29, 1.82) is 0 Å². The van der Waals surface area contributed by atoms with Gasteiger partial charge in [0.1, 0.15) is 5.82 Å². The van der Waals surface area contributed by atoms with Crippen molar-refractivity contribution < 1.29 is 17.5 Å². The molecular weight excluding hydrogens is 357 g/mol. The van der Waals surface area contributed by atoms with E-state index in [-0.39, 0.29) is 18.3 Å². The zero-order valence-corrected chi connectivity index (χ0v) is 15.6. The maximum absolute atomic E-state index is 13.3. The van der Waals surface area contributed by atoms with Crippen LogP contribution < -0.4 is 4.72 Å². The summed E-state index contributed by atoms with van der Waals surface area (Å²) >= 11 is 0. The third-order valence-corrected chi connectivity index (χ3v) is 5.87. The van der Waals surface area contributed by atoms with Gasteiger partial charge in [0.15, 0.2) is 0 Å². The van der Waals surface area contributed by atoms with Gasteiger partial charge in [-0.05, 0) is 29.8 Å². The molecule has 1 aliphatic heterocycles. The molecule has 2 heterocycles. The molecular formula is C18H24FN3O3S.